The molecule has 0 bridgehead atoms. The van der Waals surface area contributed by atoms with Crippen LogP contribution < -0.4 is 20.7 Å². The number of rotatable bonds is 7. The van der Waals surface area contributed by atoms with E-state index in [1.54, 1.807) is 19.2 Å². The van der Waals surface area contributed by atoms with Crippen LogP contribution in [0.2, 0.25) is 0 Å². The molecular weight excluding hydrogens is 484 g/mol. The summed E-state index contributed by atoms with van der Waals surface area (Å²) in [6.45, 7) is 10.9. The van der Waals surface area contributed by atoms with Gasteiger partial charge in [0.25, 0.3) is 0 Å². The minimum atomic E-state index is -0.299. The summed E-state index contributed by atoms with van der Waals surface area (Å²) < 4.78 is 18.8. The molecule has 0 amide bonds. The van der Waals surface area contributed by atoms with E-state index in [2.05, 4.69) is 46.6 Å². The molecule has 1 fully saturated rings. The van der Waals surface area contributed by atoms with Crippen molar-refractivity contribution >= 4 is 29.9 Å². The van der Waals surface area contributed by atoms with E-state index in [-0.39, 0.29) is 35.3 Å². The quantitative estimate of drug-likeness (QED) is 0.223. The highest BCUT2D eigenvalue weighted by molar-refractivity contribution is 14.0. The first-order valence-electron chi connectivity index (χ1n) is 10.1. The Morgan fingerprint density at radius 3 is 2.48 bits per heavy atom. The van der Waals surface area contributed by atoms with Gasteiger partial charge in [-0.2, -0.15) is 0 Å². The summed E-state index contributed by atoms with van der Waals surface area (Å²) >= 11 is 0. The van der Waals surface area contributed by atoms with Crippen molar-refractivity contribution < 1.29 is 9.13 Å². The van der Waals surface area contributed by atoms with Gasteiger partial charge in [0, 0.05) is 51.4 Å². The van der Waals surface area contributed by atoms with Crippen molar-refractivity contribution in [3.8, 4) is 5.75 Å². The predicted octanol–water partition coefficient (Wildman–Crippen LogP) is 2.97. The Morgan fingerprint density at radius 1 is 1.24 bits per heavy atom. The zero-order chi connectivity index (χ0) is 20.6. The number of benzene rings is 1. The molecule has 6 nitrogen and oxygen atoms in total. The number of nitrogens with zero attached hydrogens (tertiary/aromatic N) is 2. The van der Waals surface area contributed by atoms with Gasteiger partial charge in [0.15, 0.2) is 17.5 Å². The van der Waals surface area contributed by atoms with E-state index in [4.69, 9.17) is 4.74 Å². The van der Waals surface area contributed by atoms with Crippen LogP contribution in [0.25, 0.3) is 0 Å². The average Bonchev–Trinajstić information content (AvgIpc) is 2.65. The van der Waals surface area contributed by atoms with E-state index >= 15 is 0 Å². The number of hydrogen-bond acceptors (Lipinski definition) is 4. The third-order valence-electron chi connectivity index (χ3n) is 4.85. The monoisotopic (exact) mass is 521 g/mol. The van der Waals surface area contributed by atoms with Gasteiger partial charge in [-0.15, -0.1) is 24.0 Å². The Morgan fingerprint density at radius 2 is 1.93 bits per heavy atom. The summed E-state index contributed by atoms with van der Waals surface area (Å²) in [6, 6.07) is 5.61. The zero-order valence-corrected chi connectivity index (χ0v) is 20.7. The first-order valence-corrected chi connectivity index (χ1v) is 10.1. The Kier molecular flexibility index (Phi) is 11.2. The molecule has 0 unspecified atom stereocenters. The number of halogens is 2. The van der Waals surface area contributed by atoms with Crippen LogP contribution in [-0.2, 0) is 6.54 Å². The molecule has 1 heterocycles. The lowest BCUT2D eigenvalue weighted by atomic mass is 10.0. The second kappa shape index (κ2) is 12.5. The first kappa shape index (κ1) is 25.9. The highest BCUT2D eigenvalue weighted by atomic mass is 127. The molecule has 1 aliphatic rings. The van der Waals surface area contributed by atoms with Crippen molar-refractivity contribution in [2.24, 2.45) is 4.99 Å². The van der Waals surface area contributed by atoms with Crippen LogP contribution in [0.15, 0.2) is 23.2 Å². The van der Waals surface area contributed by atoms with Gasteiger partial charge in [-0.05, 0) is 51.3 Å². The standard InChI is InChI=1S/C21H36FN5O.HI/c1-21(2,3)25-11-10-24-20(23-4)26-17-8-12-27(13-9-17)15-16-6-7-19(28-5)18(22)14-16;/h6-7,14,17,25H,8-13,15H2,1-5H3,(H2,23,24,26);1H. The van der Waals surface area contributed by atoms with Crippen LogP contribution in [0.3, 0.4) is 0 Å². The third kappa shape index (κ3) is 9.48. The fourth-order valence-corrected chi connectivity index (χ4v) is 3.31. The second-order valence-corrected chi connectivity index (χ2v) is 8.34. The van der Waals surface area contributed by atoms with Gasteiger partial charge in [0.2, 0.25) is 0 Å². The smallest absolute Gasteiger partial charge is 0.191 e. The van der Waals surface area contributed by atoms with Gasteiger partial charge in [-0.3, -0.25) is 9.89 Å². The summed E-state index contributed by atoms with van der Waals surface area (Å²) in [5.41, 5.74) is 1.10. The molecule has 0 spiro atoms. The number of likely N-dealkylation sites (tertiary alicyclic amines) is 1. The van der Waals surface area contributed by atoms with E-state index in [9.17, 15) is 4.39 Å². The van der Waals surface area contributed by atoms with Crippen LogP contribution >= 0.6 is 24.0 Å². The van der Waals surface area contributed by atoms with Crippen LogP contribution in [-0.4, -0.2) is 62.8 Å². The Hall–Kier alpha value is -1.13. The topological polar surface area (TPSA) is 60.9 Å². The lowest BCUT2D eigenvalue weighted by Crippen LogP contribution is -2.50. The maximum atomic E-state index is 13.9. The summed E-state index contributed by atoms with van der Waals surface area (Å²) in [4.78, 5) is 6.69. The normalized spacial score (nSPS) is 16.3. The fourth-order valence-electron chi connectivity index (χ4n) is 3.31. The largest absolute Gasteiger partial charge is 0.494 e. The van der Waals surface area contributed by atoms with Gasteiger partial charge in [0.05, 0.1) is 7.11 Å². The molecular formula is C21H37FIN5O. The highest BCUT2D eigenvalue weighted by Crippen LogP contribution is 2.20. The van der Waals surface area contributed by atoms with Crippen molar-refractivity contribution in [3.63, 3.8) is 0 Å². The van der Waals surface area contributed by atoms with E-state index < -0.39 is 0 Å². The maximum Gasteiger partial charge on any atom is 0.191 e. The van der Waals surface area contributed by atoms with Gasteiger partial charge >= 0.3 is 0 Å². The van der Waals surface area contributed by atoms with E-state index in [0.29, 0.717) is 11.8 Å². The Bertz CT molecular complexity index is 642. The van der Waals surface area contributed by atoms with Crippen molar-refractivity contribution in [1.82, 2.24) is 20.9 Å². The SMILES string of the molecule is CN=C(NCCNC(C)(C)C)NC1CCN(Cc2ccc(OC)c(F)c2)CC1.I. The molecule has 2 rings (SSSR count). The Labute approximate surface area is 192 Å². The molecule has 1 aromatic rings. The molecule has 0 saturated carbocycles. The molecule has 1 aliphatic heterocycles. The second-order valence-electron chi connectivity index (χ2n) is 8.34. The molecule has 0 atom stereocenters. The maximum absolute atomic E-state index is 13.9. The molecule has 1 saturated heterocycles. The first-order chi connectivity index (χ1) is 13.3. The summed E-state index contributed by atoms with van der Waals surface area (Å²) in [5.74, 6) is 0.849. The van der Waals surface area contributed by atoms with Crippen LogP contribution in [0, 0.1) is 5.82 Å². The van der Waals surface area contributed by atoms with Crippen molar-refractivity contribution in [2.75, 3.05) is 40.3 Å². The van der Waals surface area contributed by atoms with Crippen molar-refractivity contribution in [2.45, 2.75) is 51.7 Å². The molecule has 1 aromatic carbocycles. The molecule has 166 valence electrons. The molecule has 3 N–H and O–H groups in total. The van der Waals surface area contributed by atoms with Crippen LogP contribution in [0.5, 0.6) is 5.75 Å². The van der Waals surface area contributed by atoms with Gasteiger partial charge in [0.1, 0.15) is 0 Å². The number of methoxy groups -OCH3 is 1. The number of ether oxygens (including phenoxy) is 1. The molecule has 29 heavy (non-hydrogen) atoms. The van der Waals surface area contributed by atoms with Crippen molar-refractivity contribution in [1.29, 1.82) is 0 Å². The van der Waals surface area contributed by atoms with Crippen LogP contribution in [0.4, 0.5) is 4.39 Å². The van der Waals surface area contributed by atoms with Gasteiger partial charge < -0.3 is 20.7 Å². The minimum absolute atomic E-state index is 0. The number of aliphatic imine (C=N–C) groups is 1. The van der Waals surface area contributed by atoms with Gasteiger partial charge in [-0.25, -0.2) is 4.39 Å². The predicted molar refractivity (Wildman–Crippen MR) is 129 cm³/mol. The molecule has 0 radical (unpaired) electrons. The number of piperidine rings is 1. The number of nitrogens with one attached hydrogen (secondary N) is 3. The highest BCUT2D eigenvalue weighted by Gasteiger charge is 2.20. The lowest BCUT2D eigenvalue weighted by molar-refractivity contribution is 0.198. The minimum Gasteiger partial charge on any atom is -0.494 e. The van der Waals surface area contributed by atoms with E-state index in [1.165, 1.54) is 7.11 Å². The zero-order valence-electron chi connectivity index (χ0n) is 18.3. The summed E-state index contributed by atoms with van der Waals surface area (Å²) in [6.07, 6.45) is 2.08. The lowest BCUT2D eigenvalue weighted by Gasteiger charge is -2.33. The molecule has 0 aliphatic carbocycles. The summed E-state index contributed by atoms with van der Waals surface area (Å²) in [7, 11) is 3.29. The molecule has 8 heteroatoms. The van der Waals surface area contributed by atoms with Crippen molar-refractivity contribution in [3.05, 3.63) is 29.6 Å². The van der Waals surface area contributed by atoms with E-state index in [0.717, 1.165) is 57.1 Å². The summed E-state index contributed by atoms with van der Waals surface area (Å²) in [5, 5.41) is 10.3. The van der Waals surface area contributed by atoms with Crippen LogP contribution in [0.1, 0.15) is 39.2 Å². The Balaban J connectivity index is 0.00000420. The molecule has 0 aromatic heterocycles. The number of guanidine groups is 1. The average molecular weight is 521 g/mol. The van der Waals surface area contributed by atoms with Gasteiger partial charge in [-0.1, -0.05) is 6.07 Å². The van der Waals surface area contributed by atoms with E-state index in [1.807, 2.05) is 6.07 Å². The fraction of sp³-hybridized carbons (Fsp3) is 0.667. The number of hydrogen-bond donors (Lipinski definition) is 3. The third-order valence-corrected chi connectivity index (χ3v) is 4.85.